The molecule has 1 aromatic carbocycles. The Bertz CT molecular complexity index is 1130. The Kier molecular flexibility index (Phi) is 6.09. The summed E-state index contributed by atoms with van der Waals surface area (Å²) < 4.78 is 20.6. The largest absolute Gasteiger partial charge is 0.379 e. The summed E-state index contributed by atoms with van der Waals surface area (Å²) in [6.07, 6.45) is 3.44. The molecule has 0 aliphatic carbocycles. The van der Waals surface area contributed by atoms with Crippen molar-refractivity contribution in [3.63, 3.8) is 0 Å². The number of methoxy groups -OCH3 is 1. The molecular weight excluding hydrogens is 411 g/mol. The molecule has 0 unspecified atom stereocenters. The first-order chi connectivity index (χ1) is 15.4. The van der Waals surface area contributed by atoms with Crippen LogP contribution < -0.4 is 15.5 Å². The van der Waals surface area contributed by atoms with Gasteiger partial charge in [0.1, 0.15) is 17.7 Å². The number of likely N-dealkylation sites (N-methyl/N-ethyl adjacent to an activating group) is 1. The minimum Gasteiger partial charge on any atom is -0.379 e. The van der Waals surface area contributed by atoms with Crippen LogP contribution in [0.2, 0.25) is 0 Å². The fourth-order valence-electron chi connectivity index (χ4n) is 3.96. The van der Waals surface area contributed by atoms with Crippen LogP contribution in [0.15, 0.2) is 42.7 Å². The standard InChI is InChI=1S/C23H27FN6O2/c1-14-21-19(29(3)22(15(2)32-4)23(31)28-21)9-20(27-14)25-10-17-11-26-30(13-17)12-16-6-5-7-18(24)8-16/h5-9,11,13,15,22H,10,12H2,1-4H3,(H,25,27)(H,28,31)/t15-,22+/m1/s1. The number of fused-ring (bicyclic) bond motifs is 1. The van der Waals surface area contributed by atoms with Crippen molar-refractivity contribution in [1.29, 1.82) is 0 Å². The molecule has 1 aliphatic heterocycles. The van der Waals surface area contributed by atoms with Gasteiger partial charge in [-0.05, 0) is 31.5 Å². The molecule has 4 rings (SSSR count). The van der Waals surface area contributed by atoms with Crippen molar-refractivity contribution in [3.05, 3.63) is 65.4 Å². The maximum absolute atomic E-state index is 13.4. The van der Waals surface area contributed by atoms with Crippen molar-refractivity contribution in [2.75, 3.05) is 29.7 Å². The van der Waals surface area contributed by atoms with E-state index in [1.807, 2.05) is 44.1 Å². The lowest BCUT2D eigenvalue weighted by molar-refractivity contribution is -0.120. The van der Waals surface area contributed by atoms with Crippen LogP contribution in [-0.2, 0) is 22.6 Å². The van der Waals surface area contributed by atoms with Crippen LogP contribution in [0.25, 0.3) is 0 Å². The van der Waals surface area contributed by atoms with Gasteiger partial charge in [0, 0.05) is 38.5 Å². The van der Waals surface area contributed by atoms with Crippen LogP contribution in [0.4, 0.5) is 21.6 Å². The highest BCUT2D eigenvalue weighted by molar-refractivity contribution is 6.04. The highest BCUT2D eigenvalue weighted by atomic mass is 19.1. The molecule has 2 N–H and O–H groups in total. The Morgan fingerprint density at radius 3 is 2.88 bits per heavy atom. The number of ether oxygens (including phenoxy) is 1. The minimum atomic E-state index is -0.428. The summed E-state index contributed by atoms with van der Waals surface area (Å²) in [6.45, 7) is 4.77. The van der Waals surface area contributed by atoms with E-state index in [0.29, 0.717) is 24.6 Å². The van der Waals surface area contributed by atoms with Gasteiger partial charge in [0.2, 0.25) is 5.91 Å². The van der Waals surface area contributed by atoms with Gasteiger partial charge in [-0.3, -0.25) is 9.48 Å². The summed E-state index contributed by atoms with van der Waals surface area (Å²) in [5, 5.41) is 10.7. The molecule has 0 spiro atoms. The predicted molar refractivity (Wildman–Crippen MR) is 121 cm³/mol. The van der Waals surface area contributed by atoms with Crippen molar-refractivity contribution in [1.82, 2.24) is 14.8 Å². The van der Waals surface area contributed by atoms with E-state index in [0.717, 1.165) is 22.5 Å². The first-order valence-corrected chi connectivity index (χ1v) is 10.4. The summed E-state index contributed by atoms with van der Waals surface area (Å²) in [4.78, 5) is 19.1. The third-order valence-electron chi connectivity index (χ3n) is 5.70. The molecule has 0 fully saturated rings. The van der Waals surface area contributed by atoms with Crippen LogP contribution >= 0.6 is 0 Å². The Labute approximate surface area is 186 Å². The Morgan fingerprint density at radius 2 is 2.12 bits per heavy atom. The zero-order valence-corrected chi connectivity index (χ0v) is 18.6. The molecule has 3 aromatic rings. The number of anilines is 3. The van der Waals surface area contributed by atoms with Gasteiger partial charge >= 0.3 is 0 Å². The van der Waals surface area contributed by atoms with Gasteiger partial charge in [0.05, 0.1) is 35.9 Å². The molecule has 8 nitrogen and oxygen atoms in total. The number of hydrogen-bond donors (Lipinski definition) is 2. The van der Waals surface area contributed by atoms with Gasteiger partial charge in [-0.15, -0.1) is 0 Å². The second kappa shape index (κ2) is 8.96. The number of rotatable bonds is 7. The average molecular weight is 439 g/mol. The van der Waals surface area contributed by atoms with Gasteiger partial charge < -0.3 is 20.3 Å². The second-order valence-corrected chi connectivity index (χ2v) is 8.00. The maximum Gasteiger partial charge on any atom is 0.249 e. The van der Waals surface area contributed by atoms with Crippen LogP contribution in [0.1, 0.15) is 23.7 Å². The van der Waals surface area contributed by atoms with E-state index in [1.54, 1.807) is 24.1 Å². The van der Waals surface area contributed by atoms with Gasteiger partial charge in [0.25, 0.3) is 0 Å². The topological polar surface area (TPSA) is 84.3 Å². The number of aromatic nitrogens is 3. The van der Waals surface area contributed by atoms with Crippen LogP contribution in [-0.4, -0.2) is 47.0 Å². The van der Waals surface area contributed by atoms with Crippen molar-refractivity contribution in [3.8, 4) is 0 Å². The van der Waals surface area contributed by atoms with Crippen molar-refractivity contribution >= 4 is 23.1 Å². The summed E-state index contributed by atoms with van der Waals surface area (Å²) in [5.74, 6) is 0.338. The zero-order valence-electron chi connectivity index (χ0n) is 18.6. The molecule has 1 aliphatic rings. The molecule has 1 amide bonds. The molecule has 9 heteroatoms. The SMILES string of the molecule is CO[C@H](C)[C@H]1C(=O)Nc2c(cc(NCc3cnn(Cc4cccc(F)c4)c3)nc2C)N1C. The lowest BCUT2D eigenvalue weighted by Gasteiger charge is -2.38. The molecule has 0 bridgehead atoms. The summed E-state index contributed by atoms with van der Waals surface area (Å²) in [5.41, 5.74) is 4.16. The molecular formula is C23H27FN6O2. The normalized spacial score (nSPS) is 16.5. The monoisotopic (exact) mass is 438 g/mol. The minimum absolute atomic E-state index is 0.106. The number of aryl methyl sites for hydroxylation is 1. The van der Waals surface area contributed by atoms with Crippen LogP contribution in [0, 0.1) is 12.7 Å². The molecule has 168 valence electrons. The van der Waals surface area contributed by atoms with E-state index < -0.39 is 6.04 Å². The number of hydrogen-bond acceptors (Lipinski definition) is 6. The number of halogens is 1. The quantitative estimate of drug-likeness (QED) is 0.590. The number of nitrogens with one attached hydrogen (secondary N) is 2. The molecule has 2 atom stereocenters. The fourth-order valence-corrected chi connectivity index (χ4v) is 3.96. The van der Waals surface area contributed by atoms with E-state index in [9.17, 15) is 9.18 Å². The third kappa shape index (κ3) is 4.43. The third-order valence-corrected chi connectivity index (χ3v) is 5.70. The summed E-state index contributed by atoms with van der Waals surface area (Å²) in [6, 6.07) is 7.99. The van der Waals surface area contributed by atoms with E-state index >= 15 is 0 Å². The van der Waals surface area contributed by atoms with E-state index in [4.69, 9.17) is 4.74 Å². The average Bonchev–Trinajstić information content (AvgIpc) is 3.20. The molecule has 0 radical (unpaired) electrons. The van der Waals surface area contributed by atoms with Crippen molar-refractivity contribution < 1.29 is 13.9 Å². The van der Waals surface area contributed by atoms with Crippen molar-refractivity contribution in [2.24, 2.45) is 0 Å². The van der Waals surface area contributed by atoms with Gasteiger partial charge in [-0.25, -0.2) is 9.37 Å². The van der Waals surface area contributed by atoms with E-state index in [-0.39, 0.29) is 17.8 Å². The first-order valence-electron chi connectivity index (χ1n) is 10.4. The maximum atomic E-state index is 13.4. The number of benzene rings is 1. The Morgan fingerprint density at radius 1 is 1.31 bits per heavy atom. The number of amides is 1. The van der Waals surface area contributed by atoms with Gasteiger partial charge in [-0.1, -0.05) is 12.1 Å². The number of pyridine rings is 1. The molecule has 0 saturated carbocycles. The first kappa shape index (κ1) is 21.8. The van der Waals surface area contributed by atoms with E-state index in [1.165, 1.54) is 12.1 Å². The molecule has 0 saturated heterocycles. The number of carbonyl (C=O) groups excluding carboxylic acids is 1. The van der Waals surface area contributed by atoms with Gasteiger partial charge in [0.15, 0.2) is 0 Å². The van der Waals surface area contributed by atoms with Crippen LogP contribution in [0.3, 0.4) is 0 Å². The smallest absolute Gasteiger partial charge is 0.249 e. The van der Waals surface area contributed by atoms with Crippen LogP contribution in [0.5, 0.6) is 0 Å². The number of nitrogens with zero attached hydrogens (tertiary/aromatic N) is 4. The Balaban J connectivity index is 1.47. The lowest BCUT2D eigenvalue weighted by atomic mass is 10.0. The molecule has 2 aromatic heterocycles. The summed E-state index contributed by atoms with van der Waals surface area (Å²) in [7, 11) is 3.48. The Hall–Kier alpha value is -3.46. The zero-order chi connectivity index (χ0) is 22.8. The predicted octanol–water partition coefficient (Wildman–Crippen LogP) is 3.18. The highest BCUT2D eigenvalue weighted by Crippen LogP contribution is 2.36. The van der Waals surface area contributed by atoms with Gasteiger partial charge in [-0.2, -0.15) is 5.10 Å². The second-order valence-electron chi connectivity index (χ2n) is 8.00. The number of carbonyl (C=O) groups is 1. The molecule has 3 heterocycles. The highest BCUT2D eigenvalue weighted by Gasteiger charge is 2.36. The molecule has 32 heavy (non-hydrogen) atoms. The fraction of sp³-hybridized carbons (Fsp3) is 0.348. The van der Waals surface area contributed by atoms with Crippen molar-refractivity contribution in [2.45, 2.75) is 39.1 Å². The summed E-state index contributed by atoms with van der Waals surface area (Å²) >= 11 is 0. The lowest BCUT2D eigenvalue weighted by Crippen LogP contribution is -2.52. The van der Waals surface area contributed by atoms with E-state index in [2.05, 4.69) is 20.7 Å².